The normalized spacial score (nSPS) is 17.6. The van der Waals surface area contributed by atoms with Crippen LogP contribution in [0.3, 0.4) is 0 Å². The molecular weight excluding hydrogens is 442 g/mol. The van der Waals surface area contributed by atoms with Crippen LogP contribution in [0.1, 0.15) is 28.3 Å². The number of nitrogens with zero attached hydrogens (tertiary/aromatic N) is 1. The monoisotopic (exact) mass is 467 g/mol. The third-order valence-corrected chi connectivity index (χ3v) is 7.62. The molecule has 0 radical (unpaired) electrons. The Morgan fingerprint density at radius 1 is 1.00 bits per heavy atom. The molecule has 0 aliphatic carbocycles. The molecule has 8 heteroatoms. The van der Waals surface area contributed by atoms with Crippen LogP contribution in [0.25, 0.3) is 11.1 Å². The van der Waals surface area contributed by atoms with Crippen molar-refractivity contribution in [3.8, 4) is 28.4 Å². The number of phenolic OH excluding ortho intramolecular Hbond substituents is 1. The maximum atomic E-state index is 12.1. The van der Waals surface area contributed by atoms with Crippen LogP contribution in [0.15, 0.2) is 53.4 Å². The Morgan fingerprint density at radius 2 is 1.76 bits per heavy atom. The Hall–Kier alpha value is -3.07. The lowest BCUT2D eigenvalue weighted by Gasteiger charge is -2.42. The number of phenols is 1. The number of methoxy groups -OCH3 is 2. The minimum Gasteiger partial charge on any atom is -0.504 e. The third kappa shape index (κ3) is 3.64. The molecule has 3 aromatic rings. The van der Waals surface area contributed by atoms with Crippen molar-refractivity contribution in [2.24, 2.45) is 0 Å². The van der Waals surface area contributed by atoms with Gasteiger partial charge in [0.05, 0.1) is 14.2 Å². The predicted molar refractivity (Wildman–Crippen MR) is 123 cm³/mol. The summed E-state index contributed by atoms with van der Waals surface area (Å²) in [4.78, 5) is 2.23. The van der Waals surface area contributed by atoms with Crippen molar-refractivity contribution in [2.75, 3.05) is 20.8 Å². The molecule has 0 bridgehead atoms. The summed E-state index contributed by atoms with van der Waals surface area (Å²) in [5.74, 6) is 1.17. The molecule has 2 aliphatic rings. The van der Waals surface area contributed by atoms with Gasteiger partial charge in [0.25, 0.3) is 10.1 Å². The SMILES string of the molecule is COc1cc2c(cc1O)CCN1Cc3c(ccc(OC)c3-c3ccccc3S(=O)(=O)O)CC21. The molecule has 0 amide bonds. The van der Waals surface area contributed by atoms with E-state index in [4.69, 9.17) is 9.47 Å². The highest BCUT2D eigenvalue weighted by Gasteiger charge is 2.35. The first kappa shape index (κ1) is 21.8. The zero-order chi connectivity index (χ0) is 23.3. The van der Waals surface area contributed by atoms with Crippen molar-refractivity contribution in [3.05, 3.63) is 70.8 Å². The lowest BCUT2D eigenvalue weighted by atomic mass is 9.81. The number of aromatic hydroxyl groups is 1. The van der Waals surface area contributed by atoms with Crippen LogP contribution in [0.5, 0.6) is 17.2 Å². The first-order chi connectivity index (χ1) is 15.8. The average molecular weight is 468 g/mol. The van der Waals surface area contributed by atoms with Crippen LogP contribution < -0.4 is 9.47 Å². The highest BCUT2D eigenvalue weighted by atomic mass is 32.2. The number of hydrogen-bond acceptors (Lipinski definition) is 6. The van der Waals surface area contributed by atoms with Crippen molar-refractivity contribution in [2.45, 2.75) is 30.3 Å². The molecule has 0 fully saturated rings. The molecule has 0 aromatic heterocycles. The standard InChI is InChI=1S/C25H25NO6S/c1-31-22-8-7-15-11-20-18-13-23(32-2)21(27)12-16(18)9-10-26(20)14-19(15)25(22)17-5-3-4-6-24(17)33(28,29)30/h3-8,12-13,20,27H,9-11,14H2,1-2H3,(H,28,29,30). The molecule has 172 valence electrons. The second kappa shape index (κ2) is 8.06. The Kier molecular flexibility index (Phi) is 5.31. The summed E-state index contributed by atoms with van der Waals surface area (Å²) >= 11 is 0. The summed E-state index contributed by atoms with van der Waals surface area (Å²) in [6.45, 7) is 1.41. The van der Waals surface area contributed by atoms with E-state index < -0.39 is 10.1 Å². The molecule has 1 atom stereocenters. The van der Waals surface area contributed by atoms with Gasteiger partial charge in [-0.15, -0.1) is 0 Å². The van der Waals surface area contributed by atoms with Gasteiger partial charge in [0.15, 0.2) is 11.5 Å². The van der Waals surface area contributed by atoms with Crippen molar-refractivity contribution >= 4 is 10.1 Å². The van der Waals surface area contributed by atoms with Crippen LogP contribution in [0, 0.1) is 0 Å². The van der Waals surface area contributed by atoms with E-state index in [0.29, 0.717) is 29.2 Å². The van der Waals surface area contributed by atoms with Crippen LogP contribution in [0.2, 0.25) is 0 Å². The van der Waals surface area contributed by atoms with E-state index >= 15 is 0 Å². The summed E-state index contributed by atoms with van der Waals surface area (Å²) in [7, 11) is -1.31. The molecule has 2 heterocycles. The fourth-order valence-electron chi connectivity index (χ4n) is 5.18. The first-order valence-electron chi connectivity index (χ1n) is 10.7. The molecule has 2 aliphatic heterocycles. The largest absolute Gasteiger partial charge is 0.504 e. The van der Waals surface area contributed by atoms with Gasteiger partial charge in [-0.05, 0) is 59.4 Å². The minimum absolute atomic E-state index is 0.119. The minimum atomic E-state index is -4.41. The summed E-state index contributed by atoms with van der Waals surface area (Å²) in [5, 5.41) is 10.2. The van der Waals surface area contributed by atoms with Crippen LogP contribution >= 0.6 is 0 Å². The second-order valence-corrected chi connectivity index (χ2v) is 9.80. The van der Waals surface area contributed by atoms with E-state index in [9.17, 15) is 18.1 Å². The third-order valence-electron chi connectivity index (χ3n) is 6.71. The predicted octanol–water partition coefficient (Wildman–Crippen LogP) is 3.98. The van der Waals surface area contributed by atoms with E-state index in [1.807, 2.05) is 18.2 Å². The maximum Gasteiger partial charge on any atom is 0.295 e. The van der Waals surface area contributed by atoms with Crippen molar-refractivity contribution in [1.82, 2.24) is 4.90 Å². The number of rotatable bonds is 4. The van der Waals surface area contributed by atoms with Gasteiger partial charge in [-0.1, -0.05) is 24.3 Å². The number of benzene rings is 3. The number of hydrogen-bond donors (Lipinski definition) is 2. The van der Waals surface area contributed by atoms with Gasteiger partial charge in [0.2, 0.25) is 0 Å². The van der Waals surface area contributed by atoms with E-state index in [0.717, 1.165) is 41.6 Å². The zero-order valence-electron chi connectivity index (χ0n) is 18.4. The highest BCUT2D eigenvalue weighted by molar-refractivity contribution is 7.86. The Balaban J connectivity index is 1.66. The fourth-order valence-corrected chi connectivity index (χ4v) is 5.88. The summed E-state index contributed by atoms with van der Waals surface area (Å²) in [5.41, 5.74) is 5.46. The van der Waals surface area contributed by atoms with Gasteiger partial charge in [-0.3, -0.25) is 9.45 Å². The van der Waals surface area contributed by atoms with Gasteiger partial charge in [0, 0.05) is 30.3 Å². The fraction of sp³-hybridized carbons (Fsp3) is 0.280. The van der Waals surface area contributed by atoms with E-state index in [1.165, 1.54) is 6.07 Å². The summed E-state index contributed by atoms with van der Waals surface area (Å²) in [6, 6.07) is 14.2. The molecule has 1 unspecified atom stereocenters. The average Bonchev–Trinajstić information content (AvgIpc) is 2.81. The molecule has 3 aromatic carbocycles. The molecule has 7 nitrogen and oxygen atoms in total. The lowest BCUT2D eigenvalue weighted by molar-refractivity contribution is 0.160. The Morgan fingerprint density at radius 3 is 2.48 bits per heavy atom. The summed E-state index contributed by atoms with van der Waals surface area (Å²) < 4.78 is 45.1. The Labute approximate surface area is 192 Å². The van der Waals surface area contributed by atoms with Gasteiger partial charge in [-0.25, -0.2) is 0 Å². The van der Waals surface area contributed by atoms with Crippen LogP contribution in [-0.2, 0) is 29.5 Å². The molecular formula is C25H25NO6S. The molecule has 2 N–H and O–H groups in total. The molecule has 0 saturated carbocycles. The number of ether oxygens (including phenoxy) is 2. The first-order valence-corrected chi connectivity index (χ1v) is 12.1. The van der Waals surface area contributed by atoms with E-state index in [2.05, 4.69) is 4.90 Å². The molecule has 0 saturated heterocycles. The molecule has 5 rings (SSSR count). The molecule has 0 spiro atoms. The van der Waals surface area contributed by atoms with Gasteiger partial charge in [-0.2, -0.15) is 8.42 Å². The second-order valence-electron chi connectivity index (χ2n) is 8.41. The van der Waals surface area contributed by atoms with E-state index in [1.54, 1.807) is 38.5 Å². The quantitative estimate of drug-likeness (QED) is 0.560. The highest BCUT2D eigenvalue weighted by Crippen LogP contribution is 2.46. The Bertz CT molecular complexity index is 1350. The lowest BCUT2D eigenvalue weighted by Crippen LogP contribution is -2.39. The maximum absolute atomic E-state index is 12.1. The number of fused-ring (bicyclic) bond motifs is 4. The van der Waals surface area contributed by atoms with Gasteiger partial charge < -0.3 is 14.6 Å². The van der Waals surface area contributed by atoms with Gasteiger partial charge >= 0.3 is 0 Å². The smallest absolute Gasteiger partial charge is 0.295 e. The van der Waals surface area contributed by atoms with Gasteiger partial charge in [0.1, 0.15) is 10.6 Å². The van der Waals surface area contributed by atoms with Crippen LogP contribution in [-0.4, -0.2) is 43.7 Å². The molecule has 33 heavy (non-hydrogen) atoms. The van der Waals surface area contributed by atoms with Crippen LogP contribution in [0.4, 0.5) is 0 Å². The van der Waals surface area contributed by atoms with Crippen molar-refractivity contribution in [3.63, 3.8) is 0 Å². The van der Waals surface area contributed by atoms with E-state index in [-0.39, 0.29) is 16.7 Å². The van der Waals surface area contributed by atoms with Crippen molar-refractivity contribution < 1.29 is 27.6 Å². The zero-order valence-corrected chi connectivity index (χ0v) is 19.2. The van der Waals surface area contributed by atoms with Crippen molar-refractivity contribution in [1.29, 1.82) is 0 Å². The summed E-state index contributed by atoms with van der Waals surface area (Å²) in [6.07, 6.45) is 1.51. The topological polar surface area (TPSA) is 96.3 Å².